The van der Waals surface area contributed by atoms with E-state index in [1.807, 2.05) is 4.68 Å². The highest BCUT2D eigenvalue weighted by atomic mass is 15.4. The molecule has 1 aromatic rings. The van der Waals surface area contributed by atoms with Crippen LogP contribution in [0.3, 0.4) is 0 Å². The minimum Gasteiger partial charge on any atom is -0.310 e. The van der Waals surface area contributed by atoms with Gasteiger partial charge in [-0.25, -0.2) is 9.67 Å². The number of hydrogen-bond acceptors (Lipinski definition) is 4. The maximum Gasteiger partial charge on any atom is 0.151 e. The molecule has 2 N–H and O–H groups in total. The number of fused-ring (bicyclic) bond motifs is 1. The quantitative estimate of drug-likeness (QED) is 0.848. The first-order valence-electron chi connectivity index (χ1n) is 7.11. The van der Waals surface area contributed by atoms with Crippen molar-refractivity contribution in [2.75, 3.05) is 20.1 Å². The second-order valence-corrected chi connectivity index (χ2v) is 5.80. The molecule has 1 saturated heterocycles. The molecule has 0 bridgehead atoms. The van der Waals surface area contributed by atoms with E-state index in [1.165, 1.54) is 25.9 Å². The van der Waals surface area contributed by atoms with E-state index < -0.39 is 0 Å². The van der Waals surface area contributed by atoms with Gasteiger partial charge < -0.3 is 10.6 Å². The van der Waals surface area contributed by atoms with Crippen LogP contribution in [0.2, 0.25) is 0 Å². The van der Waals surface area contributed by atoms with E-state index in [0.717, 1.165) is 43.3 Å². The number of rotatable bonds is 2. The van der Waals surface area contributed by atoms with Gasteiger partial charge in [0.15, 0.2) is 5.82 Å². The highest BCUT2D eigenvalue weighted by molar-refractivity contribution is 4.99. The lowest BCUT2D eigenvalue weighted by molar-refractivity contribution is 0.217. The van der Waals surface area contributed by atoms with E-state index in [2.05, 4.69) is 22.0 Å². The van der Waals surface area contributed by atoms with Gasteiger partial charge in [-0.2, -0.15) is 5.10 Å². The Morgan fingerprint density at radius 1 is 1.28 bits per heavy atom. The first kappa shape index (κ1) is 12.1. The molecule has 1 fully saturated rings. The normalized spacial score (nSPS) is 26.2. The molecule has 18 heavy (non-hydrogen) atoms. The van der Waals surface area contributed by atoms with Crippen LogP contribution in [0, 0.1) is 5.92 Å². The van der Waals surface area contributed by atoms with Gasteiger partial charge in [0.25, 0.3) is 0 Å². The van der Waals surface area contributed by atoms with E-state index in [0.29, 0.717) is 0 Å². The second-order valence-electron chi connectivity index (χ2n) is 5.80. The van der Waals surface area contributed by atoms with Crippen LogP contribution in [0.1, 0.15) is 43.5 Å². The first-order chi connectivity index (χ1) is 8.72. The Hall–Kier alpha value is -0.940. The monoisotopic (exact) mass is 249 g/mol. The maximum absolute atomic E-state index is 6.06. The lowest BCUT2D eigenvalue weighted by Crippen LogP contribution is -2.31. The van der Waals surface area contributed by atoms with Crippen LogP contribution >= 0.6 is 0 Å². The van der Waals surface area contributed by atoms with Gasteiger partial charge in [-0.15, -0.1) is 0 Å². The van der Waals surface area contributed by atoms with Crippen molar-refractivity contribution >= 4 is 0 Å². The fraction of sp³-hybridized carbons (Fsp3) is 0.846. The predicted octanol–water partition coefficient (Wildman–Crippen LogP) is 0.956. The molecule has 5 nitrogen and oxygen atoms in total. The number of likely N-dealkylation sites (tertiary alicyclic amines) is 1. The summed E-state index contributed by atoms with van der Waals surface area (Å²) in [6, 6.07) is 0. The molecule has 0 radical (unpaired) electrons. The second kappa shape index (κ2) is 4.97. The Balaban J connectivity index is 1.66. The largest absolute Gasteiger partial charge is 0.310 e. The summed E-state index contributed by atoms with van der Waals surface area (Å²) in [5.74, 6) is 2.86. The number of aryl methyl sites for hydroxylation is 1. The van der Waals surface area contributed by atoms with Gasteiger partial charge in [-0.1, -0.05) is 0 Å². The molecule has 2 aliphatic rings. The molecule has 0 aromatic carbocycles. The van der Waals surface area contributed by atoms with Gasteiger partial charge in [-0.3, -0.25) is 0 Å². The average Bonchev–Trinajstić information content (AvgIpc) is 2.76. The summed E-state index contributed by atoms with van der Waals surface area (Å²) >= 11 is 0. The minimum atomic E-state index is 0.0486. The SMILES string of the molecule is CN1CCC(Cc2nc3n(n2)C(N)CCC3)CC1. The smallest absolute Gasteiger partial charge is 0.151 e. The zero-order valence-electron chi connectivity index (χ0n) is 11.2. The summed E-state index contributed by atoms with van der Waals surface area (Å²) in [4.78, 5) is 7.07. The summed E-state index contributed by atoms with van der Waals surface area (Å²) < 4.78 is 1.95. The summed E-state index contributed by atoms with van der Waals surface area (Å²) in [5.41, 5.74) is 6.06. The summed E-state index contributed by atoms with van der Waals surface area (Å²) in [6.07, 6.45) is 6.83. The fourth-order valence-electron chi connectivity index (χ4n) is 3.04. The van der Waals surface area contributed by atoms with E-state index in [1.54, 1.807) is 0 Å². The van der Waals surface area contributed by atoms with Crippen molar-refractivity contribution in [3.05, 3.63) is 11.6 Å². The molecule has 0 spiro atoms. The molecule has 0 aliphatic carbocycles. The third-order valence-electron chi connectivity index (χ3n) is 4.27. The van der Waals surface area contributed by atoms with Crippen LogP contribution in [0.25, 0.3) is 0 Å². The van der Waals surface area contributed by atoms with Crippen LogP contribution < -0.4 is 5.73 Å². The molecule has 1 atom stereocenters. The predicted molar refractivity (Wildman–Crippen MR) is 70.1 cm³/mol. The average molecular weight is 249 g/mol. The Kier molecular flexibility index (Phi) is 3.35. The molecular weight excluding hydrogens is 226 g/mol. The lowest BCUT2D eigenvalue weighted by atomic mass is 9.94. The highest BCUT2D eigenvalue weighted by Crippen LogP contribution is 2.22. The van der Waals surface area contributed by atoms with Crippen LogP contribution in [-0.2, 0) is 12.8 Å². The van der Waals surface area contributed by atoms with Gasteiger partial charge in [0.05, 0.1) is 0 Å². The topological polar surface area (TPSA) is 60.0 Å². The molecule has 2 aliphatic heterocycles. The molecular formula is C13H23N5. The van der Waals surface area contributed by atoms with Crippen LogP contribution in [-0.4, -0.2) is 39.8 Å². The lowest BCUT2D eigenvalue weighted by Gasteiger charge is -2.28. The maximum atomic E-state index is 6.06. The van der Waals surface area contributed by atoms with Crippen molar-refractivity contribution in [3.8, 4) is 0 Å². The number of piperidine rings is 1. The van der Waals surface area contributed by atoms with Crippen LogP contribution in [0.4, 0.5) is 0 Å². The number of nitrogens with two attached hydrogens (primary N) is 1. The highest BCUT2D eigenvalue weighted by Gasteiger charge is 2.23. The molecule has 1 unspecified atom stereocenters. The number of hydrogen-bond donors (Lipinski definition) is 1. The van der Waals surface area contributed by atoms with Crippen LogP contribution in [0.5, 0.6) is 0 Å². The third-order valence-corrected chi connectivity index (χ3v) is 4.27. The Bertz CT molecular complexity index is 406. The van der Waals surface area contributed by atoms with Gasteiger partial charge >= 0.3 is 0 Å². The van der Waals surface area contributed by atoms with Gasteiger partial charge in [0.2, 0.25) is 0 Å². The van der Waals surface area contributed by atoms with Gasteiger partial charge in [0.1, 0.15) is 12.0 Å². The van der Waals surface area contributed by atoms with E-state index in [9.17, 15) is 0 Å². The Labute approximate surface area is 108 Å². The van der Waals surface area contributed by atoms with Gasteiger partial charge in [0, 0.05) is 12.8 Å². The standard InChI is InChI=1S/C13H23N5/c1-17-7-5-10(6-8-17)9-12-15-13-4-2-3-11(14)18(13)16-12/h10-11H,2-9,14H2,1H3. The molecule has 0 saturated carbocycles. The summed E-state index contributed by atoms with van der Waals surface area (Å²) in [7, 11) is 2.20. The molecule has 1 aromatic heterocycles. The molecule has 3 heterocycles. The molecule has 0 amide bonds. The summed E-state index contributed by atoms with van der Waals surface area (Å²) in [6.45, 7) is 2.41. The van der Waals surface area contributed by atoms with Gasteiger partial charge in [-0.05, 0) is 51.7 Å². The number of nitrogens with zero attached hydrogens (tertiary/aromatic N) is 4. The van der Waals surface area contributed by atoms with E-state index in [-0.39, 0.29) is 6.17 Å². The van der Waals surface area contributed by atoms with E-state index in [4.69, 9.17) is 5.73 Å². The van der Waals surface area contributed by atoms with Crippen molar-refractivity contribution in [2.45, 2.75) is 44.7 Å². The van der Waals surface area contributed by atoms with Crippen molar-refractivity contribution in [1.82, 2.24) is 19.7 Å². The van der Waals surface area contributed by atoms with Crippen molar-refractivity contribution in [2.24, 2.45) is 11.7 Å². The molecule has 100 valence electrons. The van der Waals surface area contributed by atoms with Crippen LogP contribution in [0.15, 0.2) is 0 Å². The minimum absolute atomic E-state index is 0.0486. The molecule has 5 heteroatoms. The van der Waals surface area contributed by atoms with E-state index >= 15 is 0 Å². The summed E-state index contributed by atoms with van der Waals surface area (Å²) in [5, 5.41) is 4.61. The van der Waals surface area contributed by atoms with Crippen molar-refractivity contribution in [1.29, 1.82) is 0 Å². The number of aromatic nitrogens is 3. The zero-order valence-corrected chi connectivity index (χ0v) is 11.2. The van der Waals surface area contributed by atoms with Crippen molar-refractivity contribution in [3.63, 3.8) is 0 Å². The fourth-order valence-corrected chi connectivity index (χ4v) is 3.04. The zero-order chi connectivity index (χ0) is 12.5. The Morgan fingerprint density at radius 2 is 2.06 bits per heavy atom. The first-order valence-corrected chi connectivity index (χ1v) is 7.11. The van der Waals surface area contributed by atoms with Crippen molar-refractivity contribution < 1.29 is 0 Å². The Morgan fingerprint density at radius 3 is 2.78 bits per heavy atom. The molecule has 3 rings (SSSR count). The third kappa shape index (κ3) is 2.42.